The second-order valence-electron chi connectivity index (χ2n) is 5.56. The number of hydrogen-bond acceptors (Lipinski definition) is 1. The Morgan fingerprint density at radius 3 is 2.48 bits per heavy atom. The average molecular weight is 278 g/mol. The summed E-state index contributed by atoms with van der Waals surface area (Å²) in [5, 5.41) is 6.18. The summed E-state index contributed by atoms with van der Waals surface area (Å²) in [6.45, 7) is 3.08. The molecule has 0 bridgehead atoms. The molecule has 0 fully saturated rings. The van der Waals surface area contributed by atoms with Crippen LogP contribution < -0.4 is 0 Å². The van der Waals surface area contributed by atoms with Crippen molar-refractivity contribution in [3.8, 4) is 0 Å². The molecule has 0 spiro atoms. The van der Waals surface area contributed by atoms with E-state index in [9.17, 15) is 0 Å². The Hall–Kier alpha value is -2.09. The maximum atomic E-state index is 4.87. The summed E-state index contributed by atoms with van der Waals surface area (Å²) in [5.41, 5.74) is 3.79. The molecule has 0 unspecified atom stereocenters. The monoisotopic (exact) mass is 278 g/mol. The second-order valence-corrected chi connectivity index (χ2v) is 5.56. The van der Waals surface area contributed by atoms with Crippen molar-refractivity contribution in [3.63, 3.8) is 0 Å². The fourth-order valence-electron chi connectivity index (χ4n) is 2.80. The number of nitrogens with zero attached hydrogens (tertiary/aromatic N) is 2. The summed E-state index contributed by atoms with van der Waals surface area (Å²) in [7, 11) is 0. The Morgan fingerprint density at radius 2 is 1.67 bits per heavy atom. The maximum Gasteiger partial charge on any atom is 0.0703 e. The van der Waals surface area contributed by atoms with Crippen LogP contribution in [0.4, 0.5) is 0 Å². The summed E-state index contributed by atoms with van der Waals surface area (Å²) in [5.74, 6) is 0. The van der Waals surface area contributed by atoms with E-state index in [0.29, 0.717) is 0 Å². The third kappa shape index (κ3) is 3.15. The van der Waals surface area contributed by atoms with Gasteiger partial charge in [-0.1, -0.05) is 68.3 Å². The molecule has 0 aliphatic rings. The van der Waals surface area contributed by atoms with Crippen LogP contribution in [0.2, 0.25) is 0 Å². The van der Waals surface area contributed by atoms with E-state index in [2.05, 4.69) is 66.2 Å². The number of hydrogen-bond donors (Lipinski definition) is 0. The van der Waals surface area contributed by atoms with Gasteiger partial charge >= 0.3 is 0 Å². The van der Waals surface area contributed by atoms with Crippen molar-refractivity contribution in [2.75, 3.05) is 0 Å². The smallest absolute Gasteiger partial charge is 0.0703 e. The van der Waals surface area contributed by atoms with Crippen LogP contribution in [0.5, 0.6) is 0 Å². The molecule has 1 aromatic heterocycles. The SMILES string of the molecule is CCCCCc1nn(Cc2ccccc2)c2ccccc12. The zero-order chi connectivity index (χ0) is 14.5. The van der Waals surface area contributed by atoms with E-state index in [1.807, 2.05) is 0 Å². The van der Waals surface area contributed by atoms with Gasteiger partial charge < -0.3 is 0 Å². The first-order valence-corrected chi connectivity index (χ1v) is 7.87. The molecule has 0 aliphatic carbocycles. The second kappa shape index (κ2) is 6.57. The summed E-state index contributed by atoms with van der Waals surface area (Å²) >= 11 is 0. The molecule has 0 N–H and O–H groups in total. The lowest BCUT2D eigenvalue weighted by atomic mass is 10.1. The molecule has 0 saturated carbocycles. The zero-order valence-corrected chi connectivity index (χ0v) is 12.6. The van der Waals surface area contributed by atoms with E-state index in [0.717, 1.165) is 13.0 Å². The van der Waals surface area contributed by atoms with Crippen molar-refractivity contribution in [1.29, 1.82) is 0 Å². The molecule has 3 rings (SSSR count). The molecule has 2 nitrogen and oxygen atoms in total. The minimum Gasteiger partial charge on any atom is -0.260 e. The number of aryl methyl sites for hydroxylation is 1. The van der Waals surface area contributed by atoms with E-state index in [1.165, 1.54) is 41.4 Å². The minimum absolute atomic E-state index is 0.842. The van der Waals surface area contributed by atoms with Crippen LogP contribution in [0.25, 0.3) is 10.9 Å². The summed E-state index contributed by atoms with van der Waals surface area (Å²) in [4.78, 5) is 0. The van der Waals surface area contributed by atoms with Crippen molar-refractivity contribution in [2.45, 2.75) is 39.2 Å². The Morgan fingerprint density at radius 1 is 0.905 bits per heavy atom. The van der Waals surface area contributed by atoms with Crippen molar-refractivity contribution in [1.82, 2.24) is 9.78 Å². The highest BCUT2D eigenvalue weighted by atomic mass is 15.3. The van der Waals surface area contributed by atoms with Gasteiger partial charge in [0.15, 0.2) is 0 Å². The van der Waals surface area contributed by atoms with E-state index in [4.69, 9.17) is 5.10 Å². The molecule has 2 heteroatoms. The number of aromatic nitrogens is 2. The predicted octanol–water partition coefficient (Wildman–Crippen LogP) is 4.82. The molecule has 21 heavy (non-hydrogen) atoms. The van der Waals surface area contributed by atoms with Gasteiger partial charge in [0.25, 0.3) is 0 Å². The number of para-hydroxylation sites is 1. The number of fused-ring (bicyclic) bond motifs is 1. The largest absolute Gasteiger partial charge is 0.260 e. The zero-order valence-electron chi connectivity index (χ0n) is 12.6. The van der Waals surface area contributed by atoms with Gasteiger partial charge in [0.05, 0.1) is 17.8 Å². The molecule has 108 valence electrons. The third-order valence-corrected chi connectivity index (χ3v) is 3.93. The Kier molecular flexibility index (Phi) is 4.34. The molecule has 0 atom stereocenters. The van der Waals surface area contributed by atoms with Crippen LogP contribution in [0.15, 0.2) is 54.6 Å². The van der Waals surface area contributed by atoms with E-state index < -0.39 is 0 Å². The van der Waals surface area contributed by atoms with Gasteiger partial charge in [-0.15, -0.1) is 0 Å². The molecular weight excluding hydrogens is 256 g/mol. The van der Waals surface area contributed by atoms with E-state index in [1.54, 1.807) is 0 Å². The Bertz CT molecular complexity index is 698. The van der Waals surface area contributed by atoms with Crippen LogP contribution >= 0.6 is 0 Å². The Balaban J connectivity index is 1.91. The first kappa shape index (κ1) is 13.9. The average Bonchev–Trinajstić information content (AvgIpc) is 2.87. The highest BCUT2D eigenvalue weighted by Gasteiger charge is 2.09. The van der Waals surface area contributed by atoms with Crippen LogP contribution in [-0.2, 0) is 13.0 Å². The number of rotatable bonds is 6. The lowest BCUT2D eigenvalue weighted by Gasteiger charge is -2.03. The van der Waals surface area contributed by atoms with Gasteiger partial charge in [0, 0.05) is 5.39 Å². The van der Waals surface area contributed by atoms with Crippen molar-refractivity contribution in [3.05, 3.63) is 65.9 Å². The maximum absolute atomic E-state index is 4.87. The molecule has 3 aromatic rings. The highest BCUT2D eigenvalue weighted by Crippen LogP contribution is 2.21. The van der Waals surface area contributed by atoms with Crippen LogP contribution in [-0.4, -0.2) is 9.78 Å². The van der Waals surface area contributed by atoms with Gasteiger partial charge in [0.2, 0.25) is 0 Å². The predicted molar refractivity (Wildman–Crippen MR) is 88.5 cm³/mol. The van der Waals surface area contributed by atoms with Gasteiger partial charge in [-0.05, 0) is 24.5 Å². The van der Waals surface area contributed by atoms with Crippen LogP contribution in [0.3, 0.4) is 0 Å². The lowest BCUT2D eigenvalue weighted by Crippen LogP contribution is -2.02. The van der Waals surface area contributed by atoms with Gasteiger partial charge in [0.1, 0.15) is 0 Å². The van der Waals surface area contributed by atoms with Crippen LogP contribution in [0.1, 0.15) is 37.4 Å². The summed E-state index contributed by atoms with van der Waals surface area (Å²) in [6.07, 6.45) is 4.83. The number of benzene rings is 2. The minimum atomic E-state index is 0.842. The topological polar surface area (TPSA) is 17.8 Å². The summed E-state index contributed by atoms with van der Waals surface area (Å²) in [6, 6.07) is 19.1. The Labute approximate surface area is 126 Å². The number of unbranched alkanes of at least 4 members (excludes halogenated alkanes) is 2. The fraction of sp³-hybridized carbons (Fsp3) is 0.316. The first-order chi connectivity index (χ1) is 10.4. The van der Waals surface area contributed by atoms with Gasteiger partial charge in [-0.3, -0.25) is 4.68 Å². The molecule has 0 saturated heterocycles. The highest BCUT2D eigenvalue weighted by molar-refractivity contribution is 5.82. The first-order valence-electron chi connectivity index (χ1n) is 7.87. The normalized spacial score (nSPS) is 11.1. The lowest BCUT2D eigenvalue weighted by molar-refractivity contribution is 0.663. The standard InChI is InChI=1S/C19H22N2/c1-2-3-5-13-18-17-12-8-9-14-19(17)21(20-18)15-16-10-6-4-7-11-16/h4,6-12,14H,2-3,5,13,15H2,1H3. The third-order valence-electron chi connectivity index (χ3n) is 3.93. The molecule has 1 heterocycles. The van der Waals surface area contributed by atoms with E-state index in [-0.39, 0.29) is 0 Å². The molecular formula is C19H22N2. The quantitative estimate of drug-likeness (QED) is 0.591. The summed E-state index contributed by atoms with van der Waals surface area (Å²) < 4.78 is 2.14. The van der Waals surface area contributed by atoms with Crippen molar-refractivity contribution < 1.29 is 0 Å². The molecule has 0 amide bonds. The van der Waals surface area contributed by atoms with Gasteiger partial charge in [-0.2, -0.15) is 5.10 Å². The molecule has 0 aliphatic heterocycles. The van der Waals surface area contributed by atoms with Crippen molar-refractivity contribution >= 4 is 10.9 Å². The van der Waals surface area contributed by atoms with Gasteiger partial charge in [-0.25, -0.2) is 0 Å². The van der Waals surface area contributed by atoms with E-state index >= 15 is 0 Å². The van der Waals surface area contributed by atoms with Crippen molar-refractivity contribution in [2.24, 2.45) is 0 Å². The molecule has 0 radical (unpaired) electrons. The van der Waals surface area contributed by atoms with Crippen LogP contribution in [0, 0.1) is 0 Å². The fourth-order valence-corrected chi connectivity index (χ4v) is 2.80. The molecule has 2 aromatic carbocycles.